The summed E-state index contributed by atoms with van der Waals surface area (Å²) >= 11 is 0. The van der Waals surface area contributed by atoms with E-state index in [4.69, 9.17) is 4.98 Å². The van der Waals surface area contributed by atoms with E-state index in [1.165, 1.54) is 0 Å². The molecule has 10 nitrogen and oxygen atoms in total. The van der Waals surface area contributed by atoms with Crippen LogP contribution in [0.1, 0.15) is 22.5 Å². The molecule has 0 atom stereocenters. The Kier molecular flexibility index (Phi) is 7.08. The van der Waals surface area contributed by atoms with E-state index in [0.717, 1.165) is 52.1 Å². The lowest BCUT2D eigenvalue weighted by molar-refractivity contribution is -0.137. The molecule has 0 amide bonds. The predicted molar refractivity (Wildman–Crippen MR) is 155 cm³/mol. The van der Waals surface area contributed by atoms with Gasteiger partial charge in [-0.15, -0.1) is 0 Å². The Morgan fingerprint density at radius 3 is 2.65 bits per heavy atom. The number of halogens is 3. The number of aromatic nitrogens is 5. The topological polar surface area (TPSA) is 127 Å². The molecule has 2 aromatic heterocycles. The van der Waals surface area contributed by atoms with E-state index in [2.05, 4.69) is 30.0 Å². The van der Waals surface area contributed by atoms with Gasteiger partial charge >= 0.3 is 6.18 Å². The molecule has 6 rings (SSSR count). The van der Waals surface area contributed by atoms with Crippen molar-refractivity contribution >= 4 is 27.2 Å². The van der Waals surface area contributed by atoms with E-state index in [9.17, 15) is 21.6 Å². The van der Waals surface area contributed by atoms with Crippen LogP contribution in [0, 0.1) is 13.8 Å². The molecular weight excluding hydrogens is 581 g/mol. The monoisotopic (exact) mass is 606 g/mol. The second-order valence-corrected chi connectivity index (χ2v) is 11.8. The molecule has 0 fully saturated rings. The van der Waals surface area contributed by atoms with Crippen LogP contribution in [0.25, 0.3) is 22.5 Å². The lowest BCUT2D eigenvalue weighted by atomic mass is 9.98. The van der Waals surface area contributed by atoms with Gasteiger partial charge < -0.3 is 9.88 Å². The minimum absolute atomic E-state index is 0.215. The van der Waals surface area contributed by atoms with E-state index >= 15 is 0 Å². The highest BCUT2D eigenvalue weighted by atomic mass is 32.2. The van der Waals surface area contributed by atoms with Crippen LogP contribution in [-0.2, 0) is 28.5 Å². The van der Waals surface area contributed by atoms with Crippen LogP contribution in [0.4, 0.5) is 30.4 Å². The minimum Gasteiger partial charge on any atom is -0.369 e. The first-order valence-corrected chi connectivity index (χ1v) is 14.9. The second-order valence-electron chi connectivity index (χ2n) is 10.1. The number of sulfonamides is 1. The molecule has 0 radical (unpaired) electrons. The quantitative estimate of drug-likeness (QED) is 0.276. The number of alkyl halides is 3. The highest BCUT2D eigenvalue weighted by Gasteiger charge is 2.31. The summed E-state index contributed by atoms with van der Waals surface area (Å²) in [4.78, 5) is 21.8. The Balaban J connectivity index is 1.35. The predicted octanol–water partition coefficient (Wildman–Crippen LogP) is 5.08. The summed E-state index contributed by atoms with van der Waals surface area (Å²) in [5.74, 6) is 0.791. The molecule has 0 saturated heterocycles. The average molecular weight is 607 g/mol. The highest BCUT2D eigenvalue weighted by molar-refractivity contribution is 7.91. The van der Waals surface area contributed by atoms with Crippen molar-refractivity contribution in [3.8, 4) is 22.5 Å². The van der Waals surface area contributed by atoms with Gasteiger partial charge in [-0.25, -0.2) is 18.4 Å². The van der Waals surface area contributed by atoms with E-state index in [1.54, 1.807) is 36.7 Å². The molecule has 0 spiro atoms. The molecule has 14 heteroatoms. The Bertz CT molecular complexity index is 2010. The summed E-state index contributed by atoms with van der Waals surface area (Å²) in [6.07, 6.45) is -0.261. The number of aryl methyl sites for hydroxylation is 2. The zero-order chi connectivity index (χ0) is 30.4. The molecule has 5 heterocycles. The van der Waals surface area contributed by atoms with Crippen LogP contribution in [0.5, 0.6) is 0 Å². The van der Waals surface area contributed by atoms with Crippen molar-refractivity contribution in [1.82, 2.24) is 24.5 Å². The summed E-state index contributed by atoms with van der Waals surface area (Å²) in [5, 5.41) is 3.41. The summed E-state index contributed by atoms with van der Waals surface area (Å²) in [5.41, 5.74) is 4.07. The van der Waals surface area contributed by atoms with Crippen molar-refractivity contribution < 1.29 is 21.6 Å². The molecule has 0 bridgehead atoms. The lowest BCUT2D eigenvalue weighted by Gasteiger charge is -2.19. The van der Waals surface area contributed by atoms with E-state index in [-0.39, 0.29) is 11.4 Å². The van der Waals surface area contributed by atoms with Crippen molar-refractivity contribution in [1.29, 1.82) is 0 Å². The van der Waals surface area contributed by atoms with Gasteiger partial charge in [0.25, 0.3) is 5.62 Å². The summed E-state index contributed by atoms with van der Waals surface area (Å²) < 4.78 is 69.7. The highest BCUT2D eigenvalue weighted by Crippen LogP contribution is 2.39. The molecule has 43 heavy (non-hydrogen) atoms. The largest absolute Gasteiger partial charge is 0.416 e. The van der Waals surface area contributed by atoms with Gasteiger partial charge in [-0.2, -0.15) is 18.2 Å². The van der Waals surface area contributed by atoms with Gasteiger partial charge in [0, 0.05) is 48.5 Å². The maximum atomic E-state index is 13.1. The number of nitrogens with zero attached hydrogens (tertiary/aromatic N) is 6. The van der Waals surface area contributed by atoms with Gasteiger partial charge in [0.05, 0.1) is 22.6 Å². The zero-order valence-electron chi connectivity index (χ0n) is 23.0. The molecule has 2 N–H and O–H groups in total. The maximum Gasteiger partial charge on any atom is 0.416 e. The van der Waals surface area contributed by atoms with Crippen molar-refractivity contribution in [2.45, 2.75) is 32.3 Å². The van der Waals surface area contributed by atoms with Crippen LogP contribution in [0.15, 0.2) is 72.1 Å². The first-order valence-electron chi connectivity index (χ1n) is 13.2. The van der Waals surface area contributed by atoms with Crippen LogP contribution >= 0.6 is 0 Å². The first kappa shape index (κ1) is 28.3. The average Bonchev–Trinajstić information content (AvgIpc) is 3.45. The fraction of sp³-hybridized carbons (Fsp3) is 0.207. The third-order valence-electron chi connectivity index (χ3n) is 6.97. The van der Waals surface area contributed by atoms with Crippen LogP contribution in [0.2, 0.25) is 0 Å². The van der Waals surface area contributed by atoms with Crippen LogP contribution < -0.4 is 15.7 Å². The number of nitrogens with one attached hydrogen (secondary N) is 2. The maximum absolute atomic E-state index is 13.1. The first-order chi connectivity index (χ1) is 20.5. The zero-order valence-corrected chi connectivity index (χ0v) is 23.8. The van der Waals surface area contributed by atoms with E-state index in [0.29, 0.717) is 30.2 Å². The van der Waals surface area contributed by atoms with Crippen molar-refractivity contribution in [2.24, 2.45) is 4.99 Å². The number of anilines is 2. The van der Waals surface area contributed by atoms with E-state index < -0.39 is 27.5 Å². The standard InChI is InChI=1S/C29H25F3N8O2S/c1-17-5-6-21(39-43(41,42)16-22-13-20(7-9-34-22)29(30,31)32)14-23(17)24-12-19-15-36-28(37-25-4-3-8-33-18(25)2)38-26(19)40-11-10-35-27(24)40/h3-9,12-15,35,39H,10-11,16H2,1-2H3. The molecule has 1 aromatic carbocycles. The number of pyridine rings is 3. The minimum atomic E-state index is -4.60. The third-order valence-corrected chi connectivity index (χ3v) is 8.20. The van der Waals surface area contributed by atoms with Gasteiger partial charge in [0.1, 0.15) is 17.4 Å². The summed E-state index contributed by atoms with van der Waals surface area (Å²) in [6.45, 7) is 5.09. The number of hydrogen-bond donors (Lipinski definition) is 2. The molecule has 0 saturated carbocycles. The molecule has 220 valence electrons. The summed E-state index contributed by atoms with van der Waals surface area (Å²) in [7, 11) is -4.08. The fourth-order valence-electron chi connectivity index (χ4n) is 4.94. The molecule has 0 unspecified atom stereocenters. The normalized spacial score (nSPS) is 13.7. The number of rotatable bonds is 6. The van der Waals surface area contributed by atoms with Gasteiger partial charge in [0.2, 0.25) is 10.0 Å². The molecule has 3 aliphatic rings. The molecular formula is C29H25F3N8O2S. The molecule has 3 aliphatic heterocycles. The van der Waals surface area contributed by atoms with E-state index in [1.807, 2.05) is 30.5 Å². The second kappa shape index (κ2) is 10.8. The number of fused-ring (bicyclic) bond motifs is 3. The third kappa shape index (κ3) is 5.91. The summed E-state index contributed by atoms with van der Waals surface area (Å²) in [6, 6.07) is 12.2. The number of benzene rings is 1. The molecule has 0 aliphatic carbocycles. The SMILES string of the molecule is Cc1ccc(NS(=O)(=O)Cc2cc(C(F)(F)F)ccn2)cc1-c1cc2cnc(=Nc3cccnc3C)nc-2n2c1NCC2. The Hall–Kier alpha value is -4.85. The number of hydrogen-bond acceptors (Lipinski definition) is 8. The van der Waals surface area contributed by atoms with Crippen LogP contribution in [-0.4, -0.2) is 39.5 Å². The van der Waals surface area contributed by atoms with Gasteiger partial charge in [-0.3, -0.25) is 14.7 Å². The van der Waals surface area contributed by atoms with Crippen LogP contribution in [0.3, 0.4) is 0 Å². The Labute approximate surface area is 244 Å². The van der Waals surface area contributed by atoms with Gasteiger partial charge in [-0.1, -0.05) is 6.07 Å². The smallest absolute Gasteiger partial charge is 0.369 e. The molecule has 3 aromatic rings. The lowest BCUT2D eigenvalue weighted by Crippen LogP contribution is -2.18. The Morgan fingerprint density at radius 1 is 1.02 bits per heavy atom. The van der Waals surface area contributed by atoms with Gasteiger partial charge in [-0.05, 0) is 67.4 Å². The van der Waals surface area contributed by atoms with Crippen molar-refractivity contribution in [3.05, 3.63) is 95.3 Å². The van der Waals surface area contributed by atoms with Crippen molar-refractivity contribution in [2.75, 3.05) is 16.6 Å². The van der Waals surface area contributed by atoms with Crippen molar-refractivity contribution in [3.63, 3.8) is 0 Å². The Morgan fingerprint density at radius 2 is 1.86 bits per heavy atom. The fourth-order valence-corrected chi connectivity index (χ4v) is 6.05. The van der Waals surface area contributed by atoms with Gasteiger partial charge in [0.15, 0.2) is 0 Å².